The standard InChI is InChI=1S/C25H29N5O4/c1-33-21-8-2-5-18(15-21)16-23(32)30-13-4-7-19(9-12-27-22(31)10-14-30)25-28-24(29-34-25)20-6-3-11-26-17-20/h2-3,5-6,8,11,15,17,19H,4,7,9-10,12-14,16H2,1H3,(H,27,31). The van der Waals surface area contributed by atoms with Crippen LogP contribution in [0.5, 0.6) is 5.75 Å². The number of pyridine rings is 1. The van der Waals surface area contributed by atoms with Crippen LogP contribution in [0.25, 0.3) is 11.4 Å². The normalized spacial score (nSPS) is 17.5. The monoisotopic (exact) mass is 463 g/mol. The van der Waals surface area contributed by atoms with Gasteiger partial charge in [0, 0.05) is 49.9 Å². The Hall–Kier alpha value is -3.75. The van der Waals surface area contributed by atoms with Crippen LogP contribution in [0, 0.1) is 0 Å². The van der Waals surface area contributed by atoms with Crippen molar-refractivity contribution in [3.05, 3.63) is 60.2 Å². The van der Waals surface area contributed by atoms with Gasteiger partial charge in [0.2, 0.25) is 23.5 Å². The number of ether oxygens (including phenoxy) is 1. The molecular weight excluding hydrogens is 434 g/mol. The number of rotatable bonds is 5. The van der Waals surface area contributed by atoms with Gasteiger partial charge in [-0.2, -0.15) is 4.98 Å². The highest BCUT2D eigenvalue weighted by Gasteiger charge is 2.23. The molecule has 0 saturated carbocycles. The van der Waals surface area contributed by atoms with Gasteiger partial charge >= 0.3 is 0 Å². The molecule has 1 N–H and O–H groups in total. The van der Waals surface area contributed by atoms with Gasteiger partial charge in [0.25, 0.3) is 0 Å². The molecule has 2 aromatic heterocycles. The van der Waals surface area contributed by atoms with Crippen molar-refractivity contribution in [3.8, 4) is 17.1 Å². The van der Waals surface area contributed by atoms with E-state index < -0.39 is 0 Å². The molecule has 3 aromatic rings. The molecule has 0 bridgehead atoms. The van der Waals surface area contributed by atoms with E-state index >= 15 is 0 Å². The minimum atomic E-state index is -0.0681. The summed E-state index contributed by atoms with van der Waals surface area (Å²) in [5.41, 5.74) is 1.67. The Balaban J connectivity index is 1.43. The quantitative estimate of drug-likeness (QED) is 0.619. The number of hydrogen-bond donors (Lipinski definition) is 1. The summed E-state index contributed by atoms with van der Waals surface area (Å²) < 4.78 is 10.8. The van der Waals surface area contributed by atoms with Crippen molar-refractivity contribution < 1.29 is 18.8 Å². The van der Waals surface area contributed by atoms with Gasteiger partial charge in [-0.25, -0.2) is 0 Å². The van der Waals surface area contributed by atoms with Crippen molar-refractivity contribution in [2.45, 2.75) is 38.0 Å². The highest BCUT2D eigenvalue weighted by atomic mass is 16.5. The van der Waals surface area contributed by atoms with Crippen molar-refractivity contribution in [1.29, 1.82) is 0 Å². The molecule has 1 aromatic carbocycles. The van der Waals surface area contributed by atoms with Gasteiger partial charge in [0.15, 0.2) is 0 Å². The van der Waals surface area contributed by atoms with E-state index in [1.807, 2.05) is 36.4 Å². The number of nitrogens with zero attached hydrogens (tertiary/aromatic N) is 4. The zero-order chi connectivity index (χ0) is 23.8. The lowest BCUT2D eigenvalue weighted by molar-refractivity contribution is -0.131. The second-order valence-electron chi connectivity index (χ2n) is 8.33. The first-order chi connectivity index (χ1) is 16.6. The molecule has 4 rings (SSSR count). The Kier molecular flexibility index (Phi) is 7.85. The van der Waals surface area contributed by atoms with E-state index in [1.54, 1.807) is 24.4 Å². The molecule has 178 valence electrons. The molecule has 34 heavy (non-hydrogen) atoms. The molecule has 0 spiro atoms. The van der Waals surface area contributed by atoms with Crippen LogP contribution in [0.4, 0.5) is 0 Å². The fourth-order valence-corrected chi connectivity index (χ4v) is 4.07. The minimum Gasteiger partial charge on any atom is -0.497 e. The van der Waals surface area contributed by atoms with Crippen LogP contribution >= 0.6 is 0 Å². The predicted octanol–water partition coefficient (Wildman–Crippen LogP) is 2.99. The third-order valence-electron chi connectivity index (χ3n) is 5.96. The SMILES string of the molecule is COc1cccc(CC(=O)N2CCCC(c3nc(-c4cccnc4)no3)CCNC(=O)CC2)c1. The van der Waals surface area contributed by atoms with E-state index in [0.717, 1.165) is 29.7 Å². The van der Waals surface area contributed by atoms with Crippen molar-refractivity contribution in [2.24, 2.45) is 0 Å². The topological polar surface area (TPSA) is 110 Å². The van der Waals surface area contributed by atoms with Crippen LogP contribution < -0.4 is 10.1 Å². The fourth-order valence-electron chi connectivity index (χ4n) is 4.07. The van der Waals surface area contributed by atoms with E-state index in [0.29, 0.717) is 37.8 Å². The number of hydrogen-bond acceptors (Lipinski definition) is 7. The number of nitrogens with one attached hydrogen (secondary N) is 1. The van der Waals surface area contributed by atoms with E-state index in [2.05, 4.69) is 20.4 Å². The Morgan fingerprint density at radius 1 is 1.24 bits per heavy atom. The molecule has 0 aliphatic carbocycles. The summed E-state index contributed by atoms with van der Waals surface area (Å²) in [5.74, 6) is 1.68. The molecular formula is C25H29N5O4. The lowest BCUT2D eigenvalue weighted by Gasteiger charge is -2.23. The largest absolute Gasteiger partial charge is 0.497 e. The van der Waals surface area contributed by atoms with Crippen molar-refractivity contribution in [2.75, 3.05) is 26.7 Å². The van der Waals surface area contributed by atoms with Gasteiger partial charge in [0.1, 0.15) is 5.75 Å². The molecule has 9 nitrogen and oxygen atoms in total. The maximum atomic E-state index is 13.0. The first-order valence-electron chi connectivity index (χ1n) is 11.5. The molecule has 1 aliphatic rings. The molecule has 2 amide bonds. The third kappa shape index (κ3) is 6.18. The second-order valence-corrected chi connectivity index (χ2v) is 8.33. The van der Waals surface area contributed by atoms with Crippen molar-refractivity contribution >= 4 is 11.8 Å². The lowest BCUT2D eigenvalue weighted by atomic mass is 9.99. The first kappa shape index (κ1) is 23.4. The number of carbonyl (C=O) groups is 2. The van der Waals surface area contributed by atoms with Gasteiger partial charge in [-0.15, -0.1) is 0 Å². The van der Waals surface area contributed by atoms with Crippen molar-refractivity contribution in [1.82, 2.24) is 25.3 Å². The summed E-state index contributed by atoms with van der Waals surface area (Å²) in [6.07, 6.45) is 6.16. The molecule has 1 atom stereocenters. The van der Waals surface area contributed by atoms with Crippen LogP contribution in [0.1, 0.15) is 43.1 Å². The summed E-state index contributed by atoms with van der Waals surface area (Å²) in [6.45, 7) is 1.48. The Labute approximate surface area is 198 Å². The Morgan fingerprint density at radius 2 is 2.15 bits per heavy atom. The van der Waals surface area contributed by atoms with Gasteiger partial charge in [-0.05, 0) is 49.1 Å². The van der Waals surface area contributed by atoms with Gasteiger partial charge in [-0.1, -0.05) is 17.3 Å². The van der Waals surface area contributed by atoms with Crippen LogP contribution in [0.3, 0.4) is 0 Å². The predicted molar refractivity (Wildman–Crippen MR) is 125 cm³/mol. The van der Waals surface area contributed by atoms with E-state index in [1.165, 1.54) is 0 Å². The van der Waals surface area contributed by atoms with Gasteiger partial charge in [0.05, 0.1) is 13.5 Å². The average molecular weight is 464 g/mol. The zero-order valence-corrected chi connectivity index (χ0v) is 19.3. The number of carbonyl (C=O) groups excluding carboxylic acids is 2. The highest BCUT2D eigenvalue weighted by Crippen LogP contribution is 2.26. The summed E-state index contributed by atoms with van der Waals surface area (Å²) in [7, 11) is 1.60. The molecule has 0 radical (unpaired) electrons. The highest BCUT2D eigenvalue weighted by molar-refractivity contribution is 5.80. The van der Waals surface area contributed by atoms with Crippen LogP contribution in [-0.4, -0.2) is 58.6 Å². The van der Waals surface area contributed by atoms with E-state index in [4.69, 9.17) is 9.26 Å². The smallest absolute Gasteiger partial charge is 0.230 e. The maximum Gasteiger partial charge on any atom is 0.230 e. The van der Waals surface area contributed by atoms with Crippen LogP contribution in [0.15, 0.2) is 53.3 Å². The molecule has 1 fully saturated rings. The average Bonchev–Trinajstić information content (AvgIpc) is 3.34. The zero-order valence-electron chi connectivity index (χ0n) is 19.3. The number of aromatic nitrogens is 3. The number of amides is 2. The van der Waals surface area contributed by atoms with E-state index in [-0.39, 0.29) is 30.6 Å². The van der Waals surface area contributed by atoms with Gasteiger partial charge < -0.3 is 19.5 Å². The fraction of sp³-hybridized carbons (Fsp3) is 0.400. The second kappa shape index (κ2) is 11.4. The van der Waals surface area contributed by atoms with Crippen LogP contribution in [-0.2, 0) is 16.0 Å². The number of benzene rings is 1. The van der Waals surface area contributed by atoms with Gasteiger partial charge in [-0.3, -0.25) is 14.6 Å². The molecule has 9 heteroatoms. The molecule has 3 heterocycles. The number of methoxy groups -OCH3 is 1. The Bertz CT molecular complexity index is 1100. The minimum absolute atomic E-state index is 0.00601. The third-order valence-corrected chi connectivity index (χ3v) is 5.96. The molecule has 1 unspecified atom stereocenters. The molecule has 1 aliphatic heterocycles. The van der Waals surface area contributed by atoms with E-state index in [9.17, 15) is 9.59 Å². The van der Waals surface area contributed by atoms with Crippen LogP contribution in [0.2, 0.25) is 0 Å². The molecule has 1 saturated heterocycles. The van der Waals surface area contributed by atoms with Crippen molar-refractivity contribution in [3.63, 3.8) is 0 Å². The summed E-state index contributed by atoms with van der Waals surface area (Å²) in [6, 6.07) is 11.2. The first-order valence-corrected chi connectivity index (χ1v) is 11.5. The Morgan fingerprint density at radius 3 is 2.97 bits per heavy atom. The lowest BCUT2D eigenvalue weighted by Crippen LogP contribution is -2.36. The maximum absolute atomic E-state index is 13.0. The summed E-state index contributed by atoms with van der Waals surface area (Å²) in [5, 5.41) is 7.06. The summed E-state index contributed by atoms with van der Waals surface area (Å²) >= 11 is 0. The summed E-state index contributed by atoms with van der Waals surface area (Å²) in [4.78, 5) is 35.8.